The van der Waals surface area contributed by atoms with Crippen LogP contribution in [0.4, 0.5) is 5.69 Å². The minimum Gasteiger partial charge on any atom is -0.392 e. The van der Waals surface area contributed by atoms with E-state index in [4.69, 9.17) is 0 Å². The molecule has 0 spiro atoms. The fourth-order valence-electron chi connectivity index (χ4n) is 2.61. The molecule has 3 aromatic rings. The third kappa shape index (κ3) is 4.43. The maximum atomic E-state index is 12.3. The largest absolute Gasteiger partial charge is 0.392 e. The van der Waals surface area contributed by atoms with Gasteiger partial charge in [0.05, 0.1) is 6.61 Å². The molecule has 4 nitrogen and oxygen atoms in total. The molecular formula is C22H20N2O2. The number of rotatable bonds is 5. The van der Waals surface area contributed by atoms with Crippen LogP contribution in [0.2, 0.25) is 0 Å². The second-order valence-electron chi connectivity index (χ2n) is 6.00. The van der Waals surface area contributed by atoms with Crippen LogP contribution >= 0.6 is 0 Å². The van der Waals surface area contributed by atoms with Crippen LogP contribution in [0, 0.1) is 6.92 Å². The Morgan fingerprint density at radius 3 is 2.77 bits per heavy atom. The maximum absolute atomic E-state index is 12.3. The number of nitrogens with zero attached hydrogens (tertiary/aromatic N) is 1. The van der Waals surface area contributed by atoms with Crippen LogP contribution in [0.25, 0.3) is 17.2 Å². The molecule has 130 valence electrons. The van der Waals surface area contributed by atoms with Gasteiger partial charge in [-0.1, -0.05) is 36.4 Å². The Morgan fingerprint density at radius 2 is 2.00 bits per heavy atom. The van der Waals surface area contributed by atoms with Crippen molar-refractivity contribution in [2.24, 2.45) is 0 Å². The van der Waals surface area contributed by atoms with Crippen molar-refractivity contribution in [2.75, 3.05) is 5.32 Å². The number of anilines is 1. The number of carbonyl (C=O) groups is 1. The van der Waals surface area contributed by atoms with Gasteiger partial charge in [-0.3, -0.25) is 9.78 Å². The number of carbonyl (C=O) groups excluding carboxylic acids is 1. The van der Waals surface area contributed by atoms with Gasteiger partial charge in [0.25, 0.3) is 0 Å². The van der Waals surface area contributed by atoms with Gasteiger partial charge < -0.3 is 10.4 Å². The number of amides is 1. The molecule has 0 aliphatic heterocycles. The highest BCUT2D eigenvalue weighted by Gasteiger charge is 2.05. The number of hydrogen-bond donors (Lipinski definition) is 2. The molecular weight excluding hydrogens is 324 g/mol. The Kier molecular flexibility index (Phi) is 5.56. The Hall–Kier alpha value is -3.24. The van der Waals surface area contributed by atoms with Crippen molar-refractivity contribution in [2.45, 2.75) is 13.5 Å². The average Bonchev–Trinajstić information content (AvgIpc) is 2.69. The first-order valence-electron chi connectivity index (χ1n) is 8.35. The first kappa shape index (κ1) is 17.6. The molecule has 2 aromatic carbocycles. The molecule has 0 bridgehead atoms. The average molecular weight is 344 g/mol. The zero-order valence-corrected chi connectivity index (χ0v) is 14.5. The normalized spacial score (nSPS) is 10.8. The molecule has 1 aromatic heterocycles. The molecule has 0 fully saturated rings. The summed E-state index contributed by atoms with van der Waals surface area (Å²) >= 11 is 0. The number of aromatic nitrogens is 1. The lowest BCUT2D eigenvalue weighted by molar-refractivity contribution is -0.111. The summed E-state index contributed by atoms with van der Waals surface area (Å²) in [6, 6.07) is 17.2. The van der Waals surface area contributed by atoms with Crippen LogP contribution in [-0.2, 0) is 11.4 Å². The Morgan fingerprint density at radius 1 is 1.12 bits per heavy atom. The molecule has 26 heavy (non-hydrogen) atoms. The SMILES string of the molecule is Cc1ccc(-c2cccnc2)cc1NC(=O)/C=C/c1cccc(CO)c1. The summed E-state index contributed by atoms with van der Waals surface area (Å²) in [7, 11) is 0. The van der Waals surface area contributed by atoms with Crippen LogP contribution in [0.15, 0.2) is 73.1 Å². The summed E-state index contributed by atoms with van der Waals surface area (Å²) in [5.41, 5.74) is 5.44. The minimum atomic E-state index is -0.203. The highest BCUT2D eigenvalue weighted by Crippen LogP contribution is 2.24. The van der Waals surface area contributed by atoms with E-state index in [0.29, 0.717) is 0 Å². The number of hydrogen-bond acceptors (Lipinski definition) is 3. The van der Waals surface area contributed by atoms with Crippen molar-refractivity contribution in [1.82, 2.24) is 4.98 Å². The second-order valence-corrected chi connectivity index (χ2v) is 6.00. The lowest BCUT2D eigenvalue weighted by Crippen LogP contribution is -2.09. The molecule has 0 saturated carbocycles. The lowest BCUT2D eigenvalue weighted by atomic mass is 10.0. The molecule has 2 N–H and O–H groups in total. The van der Waals surface area contributed by atoms with E-state index in [-0.39, 0.29) is 12.5 Å². The van der Waals surface area contributed by atoms with Crippen LogP contribution in [0.3, 0.4) is 0 Å². The Labute approximate surface area is 152 Å². The quantitative estimate of drug-likeness (QED) is 0.682. The summed E-state index contributed by atoms with van der Waals surface area (Å²) in [6.45, 7) is 1.94. The van der Waals surface area contributed by atoms with Crippen molar-refractivity contribution >= 4 is 17.7 Å². The maximum Gasteiger partial charge on any atom is 0.248 e. The van der Waals surface area contributed by atoms with Gasteiger partial charge in [0.2, 0.25) is 5.91 Å². The summed E-state index contributed by atoms with van der Waals surface area (Å²) in [6.07, 6.45) is 6.75. The Balaban J connectivity index is 1.75. The third-order valence-electron chi connectivity index (χ3n) is 4.05. The number of benzene rings is 2. The Bertz CT molecular complexity index is 934. The van der Waals surface area contributed by atoms with E-state index in [1.54, 1.807) is 18.5 Å². The van der Waals surface area contributed by atoms with Crippen molar-refractivity contribution in [1.29, 1.82) is 0 Å². The fraction of sp³-hybridized carbons (Fsp3) is 0.0909. The fourth-order valence-corrected chi connectivity index (χ4v) is 2.61. The first-order chi connectivity index (χ1) is 12.7. The van der Waals surface area contributed by atoms with Gasteiger partial charge in [0.15, 0.2) is 0 Å². The van der Waals surface area contributed by atoms with Crippen molar-refractivity contribution in [3.05, 3.63) is 89.8 Å². The zero-order chi connectivity index (χ0) is 18.4. The molecule has 0 atom stereocenters. The van der Waals surface area contributed by atoms with Crippen molar-refractivity contribution in [3.63, 3.8) is 0 Å². The molecule has 1 amide bonds. The smallest absolute Gasteiger partial charge is 0.248 e. The minimum absolute atomic E-state index is 0.0196. The van der Waals surface area contributed by atoms with Crippen molar-refractivity contribution < 1.29 is 9.90 Å². The lowest BCUT2D eigenvalue weighted by Gasteiger charge is -2.09. The van der Waals surface area contributed by atoms with E-state index in [1.165, 1.54) is 6.08 Å². The molecule has 0 saturated heterocycles. The van der Waals surface area contributed by atoms with Crippen LogP contribution in [-0.4, -0.2) is 16.0 Å². The standard InChI is InChI=1S/C22H20N2O2/c1-16-7-9-19(20-6-3-11-23-14-20)13-21(16)24-22(26)10-8-17-4-2-5-18(12-17)15-25/h2-14,25H,15H2,1H3,(H,24,26)/b10-8+. The third-order valence-corrected chi connectivity index (χ3v) is 4.05. The molecule has 0 aliphatic rings. The number of aliphatic hydroxyl groups is 1. The molecule has 0 unspecified atom stereocenters. The molecule has 0 radical (unpaired) electrons. The van der Waals surface area contributed by atoms with Gasteiger partial charge in [0, 0.05) is 29.7 Å². The highest BCUT2D eigenvalue weighted by molar-refractivity contribution is 6.02. The number of aryl methyl sites for hydroxylation is 1. The molecule has 1 heterocycles. The van der Waals surface area contributed by atoms with E-state index < -0.39 is 0 Å². The van der Waals surface area contributed by atoms with Crippen LogP contribution in [0.5, 0.6) is 0 Å². The van der Waals surface area contributed by atoms with Gasteiger partial charge in [-0.05, 0) is 53.5 Å². The summed E-state index contributed by atoms with van der Waals surface area (Å²) in [5.74, 6) is -0.203. The summed E-state index contributed by atoms with van der Waals surface area (Å²) in [5, 5.41) is 12.1. The monoisotopic (exact) mass is 344 g/mol. The van der Waals surface area contributed by atoms with Gasteiger partial charge in [-0.25, -0.2) is 0 Å². The van der Waals surface area contributed by atoms with Gasteiger partial charge in [0.1, 0.15) is 0 Å². The zero-order valence-electron chi connectivity index (χ0n) is 14.5. The highest BCUT2D eigenvalue weighted by atomic mass is 16.3. The van der Waals surface area contributed by atoms with Crippen LogP contribution in [0.1, 0.15) is 16.7 Å². The van der Waals surface area contributed by atoms with E-state index in [9.17, 15) is 9.90 Å². The van der Waals surface area contributed by atoms with Gasteiger partial charge >= 0.3 is 0 Å². The number of aliphatic hydroxyl groups excluding tert-OH is 1. The van der Waals surface area contributed by atoms with E-state index in [0.717, 1.165) is 33.5 Å². The second kappa shape index (κ2) is 8.23. The topological polar surface area (TPSA) is 62.2 Å². The number of pyridine rings is 1. The van der Waals surface area contributed by atoms with E-state index in [2.05, 4.69) is 10.3 Å². The summed E-state index contributed by atoms with van der Waals surface area (Å²) in [4.78, 5) is 16.4. The predicted octanol–water partition coefficient (Wildman–Crippen LogP) is 4.20. The van der Waals surface area contributed by atoms with E-state index >= 15 is 0 Å². The van der Waals surface area contributed by atoms with Gasteiger partial charge in [-0.2, -0.15) is 0 Å². The molecule has 3 rings (SSSR count). The number of nitrogens with one attached hydrogen (secondary N) is 1. The molecule has 4 heteroatoms. The predicted molar refractivity (Wildman–Crippen MR) is 104 cm³/mol. The first-order valence-corrected chi connectivity index (χ1v) is 8.35. The van der Waals surface area contributed by atoms with Crippen molar-refractivity contribution in [3.8, 4) is 11.1 Å². The van der Waals surface area contributed by atoms with Gasteiger partial charge in [-0.15, -0.1) is 0 Å². The summed E-state index contributed by atoms with van der Waals surface area (Å²) < 4.78 is 0. The van der Waals surface area contributed by atoms with E-state index in [1.807, 2.05) is 61.5 Å². The molecule has 0 aliphatic carbocycles. The van der Waals surface area contributed by atoms with Crippen LogP contribution < -0.4 is 5.32 Å².